The minimum atomic E-state index is -4.54. The number of ether oxygens (including phenoxy) is 2. The number of nitrogens with zero attached hydrogens (tertiary/aromatic N) is 1. The molecule has 2 aliphatic rings. The van der Waals surface area contributed by atoms with Crippen molar-refractivity contribution in [3.63, 3.8) is 0 Å². The largest absolute Gasteiger partial charge is 0.496 e. The smallest absolute Gasteiger partial charge is 0.416 e. The number of hydrogen-bond acceptors (Lipinski definition) is 5. The van der Waals surface area contributed by atoms with E-state index in [9.17, 15) is 27.9 Å². The maximum absolute atomic E-state index is 14.2. The van der Waals surface area contributed by atoms with Gasteiger partial charge in [0, 0.05) is 37.1 Å². The van der Waals surface area contributed by atoms with Gasteiger partial charge in [0.25, 0.3) is 0 Å². The van der Waals surface area contributed by atoms with Crippen molar-refractivity contribution in [2.75, 3.05) is 14.2 Å². The van der Waals surface area contributed by atoms with Crippen molar-refractivity contribution < 1.29 is 37.3 Å². The maximum Gasteiger partial charge on any atom is 0.416 e. The highest BCUT2D eigenvalue weighted by Crippen LogP contribution is 2.48. The zero-order valence-electron chi connectivity index (χ0n) is 23.9. The molecule has 0 spiro atoms. The standard InChI is InChI=1S/C31H39F3N2O5/c1-30(2,41-4)24-25(35-18-21-17-22(31(32,33)34)15-16-23(21)40-3)26(19-11-7-5-8-12-19)36(27(24)29(38)39)28(37)20-13-9-6-10-14-20/h5,7-8,11-12,15-17,20,24-27,35H,6,9-10,13-14,18H2,1-4H3,(H,38,39)/t24-,25-,26-,27-/m1/s1. The van der Waals surface area contributed by atoms with E-state index >= 15 is 0 Å². The Balaban J connectivity index is 1.83. The molecule has 2 aromatic rings. The topological polar surface area (TPSA) is 88.1 Å². The predicted octanol–water partition coefficient (Wildman–Crippen LogP) is 5.83. The second kappa shape index (κ2) is 12.4. The van der Waals surface area contributed by atoms with E-state index in [0.29, 0.717) is 12.8 Å². The molecule has 10 heteroatoms. The molecule has 0 unspecified atom stereocenters. The first kappa shape index (κ1) is 30.8. The summed E-state index contributed by atoms with van der Waals surface area (Å²) < 4.78 is 51.9. The summed E-state index contributed by atoms with van der Waals surface area (Å²) in [5, 5.41) is 14.0. The molecule has 7 nitrogen and oxygen atoms in total. The fourth-order valence-corrected chi connectivity index (χ4v) is 6.55. The van der Waals surface area contributed by atoms with Gasteiger partial charge in [-0.2, -0.15) is 13.2 Å². The highest BCUT2D eigenvalue weighted by atomic mass is 19.4. The number of rotatable bonds is 9. The number of methoxy groups -OCH3 is 2. The highest BCUT2D eigenvalue weighted by Gasteiger charge is 2.59. The lowest BCUT2D eigenvalue weighted by Crippen LogP contribution is -2.53. The van der Waals surface area contributed by atoms with E-state index in [2.05, 4.69) is 5.32 Å². The number of carbonyl (C=O) groups excluding carboxylic acids is 1. The van der Waals surface area contributed by atoms with Crippen LogP contribution < -0.4 is 10.1 Å². The van der Waals surface area contributed by atoms with Crippen LogP contribution in [0.5, 0.6) is 5.75 Å². The van der Waals surface area contributed by atoms with Crippen LogP contribution in [0.2, 0.25) is 0 Å². The van der Waals surface area contributed by atoms with Crippen LogP contribution in [0.3, 0.4) is 0 Å². The molecule has 1 aliphatic heterocycles. The van der Waals surface area contributed by atoms with Gasteiger partial charge in [0.2, 0.25) is 5.91 Å². The van der Waals surface area contributed by atoms with E-state index in [1.54, 1.807) is 13.8 Å². The SMILES string of the molecule is COc1ccc(C(F)(F)F)cc1CN[C@@H]1[C@@H](C(C)(C)OC)[C@H](C(=O)O)N(C(=O)C2CCCCC2)[C@@H]1c1ccccc1. The summed E-state index contributed by atoms with van der Waals surface area (Å²) in [6, 6.07) is 9.91. The van der Waals surface area contributed by atoms with Gasteiger partial charge in [0.1, 0.15) is 11.8 Å². The van der Waals surface area contributed by atoms with Crippen LogP contribution in [0.4, 0.5) is 13.2 Å². The normalized spacial score (nSPS) is 23.9. The Kier molecular flexibility index (Phi) is 9.33. The molecule has 0 aromatic heterocycles. The Morgan fingerprint density at radius 3 is 2.24 bits per heavy atom. The molecule has 224 valence electrons. The third kappa shape index (κ3) is 6.38. The van der Waals surface area contributed by atoms with Crippen LogP contribution in [0.25, 0.3) is 0 Å². The minimum absolute atomic E-state index is 0.0464. The van der Waals surface area contributed by atoms with E-state index in [0.717, 1.165) is 37.0 Å². The molecule has 2 aromatic carbocycles. The van der Waals surface area contributed by atoms with Crippen LogP contribution in [0, 0.1) is 11.8 Å². The summed E-state index contributed by atoms with van der Waals surface area (Å²) in [6.07, 6.45) is -0.304. The Morgan fingerprint density at radius 1 is 1.02 bits per heavy atom. The van der Waals surface area contributed by atoms with E-state index in [1.165, 1.54) is 25.2 Å². The Hall–Kier alpha value is -3.11. The first-order chi connectivity index (χ1) is 19.4. The maximum atomic E-state index is 14.2. The lowest BCUT2D eigenvalue weighted by atomic mass is 9.79. The van der Waals surface area contributed by atoms with Crippen molar-refractivity contribution in [2.24, 2.45) is 11.8 Å². The average Bonchev–Trinajstić information content (AvgIpc) is 3.32. The molecular weight excluding hydrogens is 537 g/mol. The fraction of sp³-hybridized carbons (Fsp3) is 0.548. The van der Waals surface area contributed by atoms with Gasteiger partial charge in [0.05, 0.1) is 24.3 Å². The van der Waals surface area contributed by atoms with Gasteiger partial charge in [-0.1, -0.05) is 49.6 Å². The van der Waals surface area contributed by atoms with E-state index < -0.39 is 47.4 Å². The summed E-state index contributed by atoms with van der Waals surface area (Å²) in [7, 11) is 2.88. The van der Waals surface area contributed by atoms with Gasteiger partial charge in [0.15, 0.2) is 0 Å². The van der Waals surface area contributed by atoms with Gasteiger partial charge >= 0.3 is 12.1 Å². The molecule has 4 rings (SSSR count). The number of nitrogens with one attached hydrogen (secondary N) is 1. The summed E-state index contributed by atoms with van der Waals surface area (Å²) in [4.78, 5) is 28.7. The number of likely N-dealkylation sites (tertiary alicyclic amines) is 1. The van der Waals surface area contributed by atoms with Gasteiger partial charge in [-0.15, -0.1) is 0 Å². The third-order valence-electron chi connectivity index (χ3n) is 8.73. The summed E-state index contributed by atoms with van der Waals surface area (Å²) in [5.74, 6) is -2.10. The fourth-order valence-electron chi connectivity index (χ4n) is 6.55. The number of carbonyl (C=O) groups is 2. The minimum Gasteiger partial charge on any atom is -0.496 e. The molecular formula is C31H39F3N2O5. The zero-order valence-corrected chi connectivity index (χ0v) is 23.9. The quantitative estimate of drug-likeness (QED) is 0.391. The molecule has 2 N–H and O–H groups in total. The Morgan fingerprint density at radius 2 is 1.68 bits per heavy atom. The zero-order chi connectivity index (χ0) is 29.9. The van der Waals surface area contributed by atoms with E-state index in [-0.39, 0.29) is 29.7 Å². The number of carboxylic acid groups (broad SMARTS) is 1. The molecule has 0 bridgehead atoms. The molecule has 4 atom stereocenters. The average molecular weight is 577 g/mol. The van der Waals surface area contributed by atoms with Crippen molar-refractivity contribution >= 4 is 11.9 Å². The third-order valence-corrected chi connectivity index (χ3v) is 8.73. The summed E-state index contributed by atoms with van der Waals surface area (Å²) >= 11 is 0. The first-order valence-electron chi connectivity index (χ1n) is 14.0. The van der Waals surface area contributed by atoms with Crippen molar-refractivity contribution in [3.8, 4) is 5.75 Å². The number of aliphatic carboxylic acids is 1. The van der Waals surface area contributed by atoms with Crippen LogP contribution in [-0.2, 0) is 27.0 Å². The number of halogens is 3. The molecule has 41 heavy (non-hydrogen) atoms. The van der Waals surface area contributed by atoms with Gasteiger partial charge in [-0.3, -0.25) is 4.79 Å². The van der Waals surface area contributed by atoms with Crippen LogP contribution in [0.15, 0.2) is 48.5 Å². The molecule has 1 saturated heterocycles. The monoisotopic (exact) mass is 576 g/mol. The van der Waals surface area contributed by atoms with Crippen LogP contribution in [-0.4, -0.2) is 53.8 Å². The van der Waals surface area contributed by atoms with Crippen molar-refractivity contribution in [1.29, 1.82) is 0 Å². The summed E-state index contributed by atoms with van der Waals surface area (Å²) in [5.41, 5.74) is -0.807. The molecule has 1 heterocycles. The first-order valence-corrected chi connectivity index (χ1v) is 14.0. The molecule has 1 aliphatic carbocycles. The van der Waals surface area contributed by atoms with E-state index in [4.69, 9.17) is 9.47 Å². The van der Waals surface area contributed by atoms with Gasteiger partial charge in [-0.25, -0.2) is 4.79 Å². The van der Waals surface area contributed by atoms with Crippen molar-refractivity contribution in [3.05, 3.63) is 65.2 Å². The lowest BCUT2D eigenvalue weighted by Gasteiger charge is -2.37. The van der Waals surface area contributed by atoms with Crippen molar-refractivity contribution in [1.82, 2.24) is 10.2 Å². The number of amides is 1. The number of hydrogen-bond donors (Lipinski definition) is 2. The highest BCUT2D eigenvalue weighted by molar-refractivity contribution is 5.87. The van der Waals surface area contributed by atoms with Crippen molar-refractivity contribution in [2.45, 2.75) is 82.4 Å². The number of carboxylic acids is 1. The lowest BCUT2D eigenvalue weighted by molar-refractivity contribution is -0.156. The Bertz CT molecular complexity index is 1210. The predicted molar refractivity (Wildman–Crippen MR) is 147 cm³/mol. The Labute approximate surface area is 239 Å². The second-order valence-electron chi connectivity index (χ2n) is 11.5. The molecule has 1 saturated carbocycles. The van der Waals surface area contributed by atoms with Crippen LogP contribution in [0.1, 0.15) is 68.7 Å². The second-order valence-corrected chi connectivity index (χ2v) is 11.5. The molecule has 1 amide bonds. The summed E-state index contributed by atoms with van der Waals surface area (Å²) in [6.45, 7) is 3.52. The molecule has 2 fully saturated rings. The van der Waals surface area contributed by atoms with E-state index in [1.807, 2.05) is 30.3 Å². The van der Waals surface area contributed by atoms with Gasteiger partial charge < -0.3 is 24.8 Å². The molecule has 0 radical (unpaired) electrons. The number of benzene rings is 2. The number of alkyl halides is 3. The van der Waals surface area contributed by atoms with Gasteiger partial charge in [-0.05, 0) is 50.5 Å². The van der Waals surface area contributed by atoms with Crippen LogP contribution >= 0.6 is 0 Å².